The smallest absolute Gasteiger partial charge is 0.266 e. The third-order valence-electron chi connectivity index (χ3n) is 4.46. The lowest BCUT2D eigenvalue weighted by atomic mass is 10.2. The fourth-order valence-electron chi connectivity index (χ4n) is 3.05. The summed E-state index contributed by atoms with van der Waals surface area (Å²) in [5.41, 5.74) is 2.92. The number of carbonyl (C=O) groups is 1. The van der Waals surface area contributed by atoms with E-state index in [1.54, 1.807) is 4.90 Å². The summed E-state index contributed by atoms with van der Waals surface area (Å²) < 4.78 is 11.3. The number of aryl methyl sites for hydroxylation is 1. The van der Waals surface area contributed by atoms with Gasteiger partial charge in [-0.1, -0.05) is 30.7 Å². The molecule has 0 radical (unpaired) electrons. The number of aliphatic imine (C=N–C) groups is 1. The Kier molecular flexibility index (Phi) is 7.57. The lowest BCUT2D eigenvalue weighted by molar-refractivity contribution is -0.122. The van der Waals surface area contributed by atoms with E-state index in [2.05, 4.69) is 6.92 Å². The fourth-order valence-corrected chi connectivity index (χ4v) is 4.08. The molecule has 1 fully saturated rings. The number of carbonyl (C=O) groups excluding carboxylic acids is 1. The summed E-state index contributed by atoms with van der Waals surface area (Å²) in [5, 5.41) is 0.716. The molecule has 2 aromatic rings. The highest BCUT2D eigenvalue weighted by molar-refractivity contribution is 8.18. The van der Waals surface area contributed by atoms with Crippen molar-refractivity contribution in [2.75, 3.05) is 19.8 Å². The summed E-state index contributed by atoms with van der Waals surface area (Å²) in [6, 6.07) is 13.7. The van der Waals surface area contributed by atoms with Gasteiger partial charge in [0.2, 0.25) is 0 Å². The largest absolute Gasteiger partial charge is 0.490 e. The Bertz CT molecular complexity index is 951. The molecule has 0 aliphatic carbocycles. The summed E-state index contributed by atoms with van der Waals surface area (Å²) in [7, 11) is 0. The zero-order chi connectivity index (χ0) is 21.5. The topological polar surface area (TPSA) is 51.1 Å². The van der Waals surface area contributed by atoms with Crippen LogP contribution in [-0.2, 0) is 4.79 Å². The maximum Gasteiger partial charge on any atom is 0.266 e. The van der Waals surface area contributed by atoms with Crippen LogP contribution in [0.3, 0.4) is 0 Å². The van der Waals surface area contributed by atoms with E-state index >= 15 is 0 Å². The standard InChI is InChI=1S/C24H28N2O3S/c1-5-14-26-23(27)22(30-24(26)25-19-11-8-17(4)9-12-19)16-18-10-13-20(28-6-2)21(15-18)29-7-3/h8-13,15-16H,5-7,14H2,1-4H3/b22-16+,25-24?. The van der Waals surface area contributed by atoms with Crippen molar-refractivity contribution in [1.82, 2.24) is 4.90 Å². The second-order valence-corrected chi connectivity index (χ2v) is 7.88. The van der Waals surface area contributed by atoms with Crippen molar-refractivity contribution in [3.8, 4) is 11.5 Å². The van der Waals surface area contributed by atoms with Crippen molar-refractivity contribution in [3.63, 3.8) is 0 Å². The number of benzene rings is 2. The number of amidine groups is 1. The molecule has 0 spiro atoms. The highest BCUT2D eigenvalue weighted by Gasteiger charge is 2.32. The Balaban J connectivity index is 1.92. The molecule has 0 bridgehead atoms. The first-order valence-electron chi connectivity index (χ1n) is 10.3. The quantitative estimate of drug-likeness (QED) is 0.502. The minimum absolute atomic E-state index is 0.0143. The number of thioether (sulfide) groups is 1. The van der Waals surface area contributed by atoms with Crippen molar-refractivity contribution >= 4 is 34.6 Å². The van der Waals surface area contributed by atoms with Crippen LogP contribution in [-0.4, -0.2) is 35.7 Å². The van der Waals surface area contributed by atoms with E-state index in [1.807, 2.05) is 69.3 Å². The molecular formula is C24H28N2O3S. The van der Waals surface area contributed by atoms with E-state index in [1.165, 1.54) is 17.3 Å². The predicted octanol–water partition coefficient (Wildman–Crippen LogP) is 5.81. The number of rotatable bonds is 8. The number of hydrogen-bond donors (Lipinski definition) is 0. The van der Waals surface area contributed by atoms with Gasteiger partial charge in [0.1, 0.15) is 0 Å². The summed E-state index contributed by atoms with van der Waals surface area (Å²) >= 11 is 1.41. The fraction of sp³-hybridized carbons (Fsp3) is 0.333. The molecule has 0 N–H and O–H groups in total. The highest BCUT2D eigenvalue weighted by Crippen LogP contribution is 2.36. The molecule has 1 aliphatic rings. The van der Waals surface area contributed by atoms with Gasteiger partial charge in [-0.15, -0.1) is 0 Å². The molecule has 1 amide bonds. The molecule has 0 aromatic heterocycles. The Hall–Kier alpha value is -2.73. The summed E-state index contributed by atoms with van der Waals surface area (Å²) in [6.07, 6.45) is 2.76. The molecule has 0 saturated carbocycles. The summed E-state index contributed by atoms with van der Waals surface area (Å²) in [6.45, 7) is 9.74. The van der Waals surface area contributed by atoms with Gasteiger partial charge in [0.05, 0.1) is 23.8 Å². The van der Waals surface area contributed by atoms with Crippen LogP contribution < -0.4 is 9.47 Å². The van der Waals surface area contributed by atoms with Gasteiger partial charge >= 0.3 is 0 Å². The van der Waals surface area contributed by atoms with Crippen molar-refractivity contribution < 1.29 is 14.3 Å². The van der Waals surface area contributed by atoms with Crippen molar-refractivity contribution in [3.05, 3.63) is 58.5 Å². The lowest BCUT2D eigenvalue weighted by Crippen LogP contribution is -2.29. The Labute approximate surface area is 182 Å². The lowest BCUT2D eigenvalue weighted by Gasteiger charge is -2.14. The van der Waals surface area contributed by atoms with Crippen LogP contribution in [0.5, 0.6) is 11.5 Å². The van der Waals surface area contributed by atoms with Gasteiger partial charge in [-0.3, -0.25) is 9.69 Å². The third kappa shape index (κ3) is 5.25. The average molecular weight is 425 g/mol. The van der Waals surface area contributed by atoms with E-state index in [0.29, 0.717) is 41.3 Å². The van der Waals surface area contributed by atoms with Crippen molar-refractivity contribution in [1.29, 1.82) is 0 Å². The number of amides is 1. The van der Waals surface area contributed by atoms with E-state index < -0.39 is 0 Å². The van der Waals surface area contributed by atoms with Gasteiger partial charge in [-0.2, -0.15) is 0 Å². The summed E-state index contributed by atoms with van der Waals surface area (Å²) in [5.74, 6) is 1.38. The molecule has 1 aliphatic heterocycles. The summed E-state index contributed by atoms with van der Waals surface area (Å²) in [4.78, 5) is 20.2. The SMILES string of the molecule is CCCN1C(=O)/C(=C\c2ccc(OCC)c(OCC)c2)SC1=Nc1ccc(C)cc1. The first kappa shape index (κ1) is 22.0. The first-order valence-corrected chi connectivity index (χ1v) is 11.1. The molecule has 30 heavy (non-hydrogen) atoms. The zero-order valence-corrected chi connectivity index (χ0v) is 18.8. The molecular weight excluding hydrogens is 396 g/mol. The van der Waals surface area contributed by atoms with E-state index in [4.69, 9.17) is 14.5 Å². The average Bonchev–Trinajstić information content (AvgIpc) is 3.01. The van der Waals surface area contributed by atoms with Gasteiger partial charge in [-0.25, -0.2) is 4.99 Å². The molecule has 1 heterocycles. The van der Waals surface area contributed by atoms with Crippen LogP contribution in [0.4, 0.5) is 5.69 Å². The third-order valence-corrected chi connectivity index (χ3v) is 5.47. The van der Waals surface area contributed by atoms with Gasteiger partial charge < -0.3 is 9.47 Å². The Morgan fingerprint density at radius 1 is 1.00 bits per heavy atom. The molecule has 0 atom stereocenters. The molecule has 3 rings (SSSR count). The van der Waals surface area contributed by atoms with E-state index in [9.17, 15) is 4.79 Å². The van der Waals surface area contributed by atoms with Gasteiger partial charge in [-0.05, 0) is 74.9 Å². The molecule has 5 nitrogen and oxygen atoms in total. The molecule has 0 unspecified atom stereocenters. The maximum atomic E-state index is 13.0. The monoisotopic (exact) mass is 424 g/mol. The predicted molar refractivity (Wildman–Crippen MR) is 125 cm³/mol. The Morgan fingerprint density at radius 2 is 1.70 bits per heavy atom. The van der Waals surface area contributed by atoms with E-state index in [0.717, 1.165) is 17.7 Å². The molecule has 6 heteroatoms. The van der Waals surface area contributed by atoms with Gasteiger partial charge in [0, 0.05) is 6.54 Å². The van der Waals surface area contributed by atoms with Gasteiger partial charge in [0.15, 0.2) is 16.7 Å². The van der Waals surface area contributed by atoms with Crippen LogP contribution >= 0.6 is 11.8 Å². The number of hydrogen-bond acceptors (Lipinski definition) is 5. The highest BCUT2D eigenvalue weighted by atomic mass is 32.2. The van der Waals surface area contributed by atoms with E-state index in [-0.39, 0.29) is 5.91 Å². The second kappa shape index (κ2) is 10.3. The van der Waals surface area contributed by atoms with Crippen molar-refractivity contribution in [2.45, 2.75) is 34.1 Å². The maximum absolute atomic E-state index is 13.0. The van der Waals surface area contributed by atoms with Gasteiger partial charge in [0.25, 0.3) is 5.91 Å². The number of ether oxygens (including phenoxy) is 2. The molecule has 2 aromatic carbocycles. The van der Waals surface area contributed by atoms with Crippen LogP contribution in [0, 0.1) is 6.92 Å². The molecule has 1 saturated heterocycles. The van der Waals surface area contributed by atoms with Crippen molar-refractivity contribution in [2.24, 2.45) is 4.99 Å². The number of nitrogens with zero attached hydrogens (tertiary/aromatic N) is 2. The zero-order valence-electron chi connectivity index (χ0n) is 18.0. The van der Waals surface area contributed by atoms with Crippen LogP contribution in [0.2, 0.25) is 0 Å². The normalized spacial score (nSPS) is 16.5. The van der Waals surface area contributed by atoms with Crippen LogP contribution in [0.15, 0.2) is 52.4 Å². The minimum Gasteiger partial charge on any atom is -0.490 e. The Morgan fingerprint density at radius 3 is 2.37 bits per heavy atom. The first-order chi connectivity index (χ1) is 14.5. The second-order valence-electron chi connectivity index (χ2n) is 6.87. The molecule has 158 valence electrons. The van der Waals surface area contributed by atoms with Crippen LogP contribution in [0.1, 0.15) is 38.3 Å². The minimum atomic E-state index is -0.0143. The van der Waals surface area contributed by atoms with Crippen LogP contribution in [0.25, 0.3) is 6.08 Å².